The van der Waals surface area contributed by atoms with Gasteiger partial charge in [0, 0.05) is 0 Å². The zero-order chi connectivity index (χ0) is 34.4. The first-order chi connectivity index (χ1) is 22.2. The molecule has 0 N–H and O–H groups in total. The summed E-state index contributed by atoms with van der Waals surface area (Å²) in [5.74, 6) is -1.82. The Morgan fingerprint density at radius 2 is 0.587 bits per heavy atom. The Bertz CT molecular complexity index is 794. The van der Waals surface area contributed by atoms with Crippen molar-refractivity contribution in [2.24, 2.45) is 0 Å². The van der Waals surface area contributed by atoms with Crippen LogP contribution in [0.3, 0.4) is 0 Å². The molecule has 0 aromatic rings. The Morgan fingerprint density at radius 3 is 0.804 bits per heavy atom. The van der Waals surface area contributed by atoms with Crippen LogP contribution >= 0.6 is 0 Å². The van der Waals surface area contributed by atoms with Crippen molar-refractivity contribution in [3.8, 4) is 0 Å². The fraction of sp³-hybridized carbons (Fsp3) is 0.778. The summed E-state index contributed by atoms with van der Waals surface area (Å²) in [6.45, 7) is 8.46. The van der Waals surface area contributed by atoms with Crippen LogP contribution in [0.4, 0.5) is 0 Å². The van der Waals surface area contributed by atoms with Gasteiger partial charge in [0.25, 0.3) is 0 Å². The molecule has 0 aromatic carbocycles. The van der Waals surface area contributed by atoms with Crippen LogP contribution in [-0.2, 0) is 34.9 Å². The van der Waals surface area contributed by atoms with E-state index in [9.17, 15) is 28.8 Å². The van der Waals surface area contributed by atoms with Crippen molar-refractivity contribution in [2.75, 3.05) is 0 Å². The molecule has 0 unspecified atom stereocenters. The molecule has 0 atom stereocenters. The maximum atomic E-state index is 13.0. The molecule has 0 aliphatic heterocycles. The maximum absolute atomic E-state index is 13.0. The second kappa shape index (κ2) is 31.2. The Kier molecular flexibility index (Phi) is 30.5. The van der Waals surface area contributed by atoms with E-state index in [0.717, 1.165) is 115 Å². The van der Waals surface area contributed by atoms with Gasteiger partial charge >= 0.3 is 296 Å². The first kappa shape index (κ1) is 45.0. The van der Waals surface area contributed by atoms with Gasteiger partial charge in [0.15, 0.2) is 0 Å². The molecule has 0 radical (unpaired) electrons. The summed E-state index contributed by atoms with van der Waals surface area (Å²) in [6, 6.07) is 0. The molecule has 0 saturated heterocycles. The van der Waals surface area contributed by atoms with Gasteiger partial charge in [-0.1, -0.05) is 0 Å². The van der Waals surface area contributed by atoms with Gasteiger partial charge in [0.2, 0.25) is 0 Å². The first-order valence-electron chi connectivity index (χ1n) is 18.4. The Balaban J connectivity index is 5.36. The molecule has 0 spiro atoms. The molecular formula is C36H64O8Sn2. The van der Waals surface area contributed by atoms with Gasteiger partial charge in [-0.2, -0.15) is 0 Å². The van der Waals surface area contributed by atoms with Crippen LogP contribution in [0.15, 0.2) is 12.2 Å². The summed E-state index contributed by atoms with van der Waals surface area (Å²) in [5, 5.41) is 0. The van der Waals surface area contributed by atoms with Crippen molar-refractivity contribution in [2.45, 2.75) is 182 Å². The van der Waals surface area contributed by atoms with Crippen LogP contribution in [0.25, 0.3) is 0 Å². The fourth-order valence-corrected chi connectivity index (χ4v) is 15.9. The van der Waals surface area contributed by atoms with Crippen LogP contribution in [-0.4, -0.2) is 67.5 Å². The van der Waals surface area contributed by atoms with Crippen molar-refractivity contribution in [3.05, 3.63) is 12.2 Å². The van der Waals surface area contributed by atoms with Gasteiger partial charge in [0.05, 0.1) is 0 Å². The van der Waals surface area contributed by atoms with Crippen LogP contribution in [0, 0.1) is 0 Å². The zero-order valence-electron chi connectivity index (χ0n) is 29.5. The monoisotopic (exact) mass is 864 g/mol. The fourth-order valence-electron chi connectivity index (χ4n) is 5.20. The molecule has 0 saturated carbocycles. The molecule has 0 aliphatic carbocycles. The second-order valence-electron chi connectivity index (χ2n) is 12.5. The summed E-state index contributed by atoms with van der Waals surface area (Å²) in [6.07, 6.45) is 21.8. The molecule has 10 heteroatoms. The standard InChI is InChI=1S/4C8H15O.C4H4O4.2Sn.2H/c4*1-2-3-4-5-6-7-8-9;5-3(6)1-2-4(7)8;;;;/h4*2-7H2,1H3;1-2H,(H,5,6)(H,7,8);;;;/q;;;;;2*+1;;/p-2/b;;;;2-1-;;;;. The normalized spacial score (nSPS) is 11.3. The molecule has 8 nitrogen and oxygen atoms in total. The topological polar surface area (TPSA) is 121 Å². The van der Waals surface area contributed by atoms with Crippen molar-refractivity contribution in [1.29, 1.82) is 0 Å². The third kappa shape index (κ3) is 24.2. The molecular weight excluding hydrogens is 798 g/mol. The van der Waals surface area contributed by atoms with Crippen molar-refractivity contribution < 1.29 is 34.9 Å². The Hall–Kier alpha value is -1.04. The van der Waals surface area contributed by atoms with Crippen LogP contribution in [0.1, 0.15) is 182 Å². The SMILES string of the molecule is CCCCCCC[C](=O)[SnH]([O]C(=O)/C=C\C(=O)[O][SnH]([C](=O)CCCCCCC)[C](=O)CCCCCCC)[C](=O)CCCCCCC. The van der Waals surface area contributed by atoms with Crippen molar-refractivity contribution in [3.63, 3.8) is 0 Å². The van der Waals surface area contributed by atoms with Gasteiger partial charge < -0.3 is 0 Å². The minimum absolute atomic E-state index is 0.216. The van der Waals surface area contributed by atoms with Crippen LogP contribution in [0.2, 0.25) is 0 Å². The molecule has 0 heterocycles. The number of carbonyl (C=O) groups excluding carboxylic acids is 6. The number of hydrogen-bond donors (Lipinski definition) is 0. The average Bonchev–Trinajstić information content (AvgIpc) is 3.04. The quantitative estimate of drug-likeness (QED) is 0.0380. The molecule has 0 fully saturated rings. The predicted octanol–water partition coefficient (Wildman–Crippen LogP) is 7.95. The second-order valence-corrected chi connectivity index (χ2v) is 25.5. The van der Waals surface area contributed by atoms with E-state index in [2.05, 4.69) is 27.7 Å². The van der Waals surface area contributed by atoms with Gasteiger partial charge in [-0.25, -0.2) is 0 Å². The van der Waals surface area contributed by atoms with E-state index in [1.54, 1.807) is 0 Å². The molecule has 0 amide bonds. The molecule has 264 valence electrons. The summed E-state index contributed by atoms with van der Waals surface area (Å²) in [5.41, 5.74) is 0. The summed E-state index contributed by atoms with van der Waals surface area (Å²) < 4.78 is 10.2. The van der Waals surface area contributed by atoms with E-state index in [-0.39, 0.29) is 40.9 Å². The van der Waals surface area contributed by atoms with Crippen molar-refractivity contribution in [1.82, 2.24) is 0 Å². The van der Waals surface area contributed by atoms with Gasteiger partial charge in [-0.05, 0) is 0 Å². The van der Waals surface area contributed by atoms with E-state index < -0.39 is 52.3 Å². The van der Waals surface area contributed by atoms with E-state index >= 15 is 0 Å². The average molecular weight is 862 g/mol. The van der Waals surface area contributed by atoms with Gasteiger partial charge in [-0.3, -0.25) is 0 Å². The zero-order valence-corrected chi connectivity index (χ0v) is 36.1. The van der Waals surface area contributed by atoms with E-state index in [4.69, 9.17) is 6.15 Å². The number of carbonyl (C=O) groups is 6. The van der Waals surface area contributed by atoms with Gasteiger partial charge in [-0.15, -0.1) is 0 Å². The van der Waals surface area contributed by atoms with E-state index in [1.807, 2.05) is 0 Å². The number of rotatable bonds is 32. The molecule has 46 heavy (non-hydrogen) atoms. The first-order valence-corrected chi connectivity index (χ1v) is 27.7. The summed E-state index contributed by atoms with van der Waals surface area (Å²) in [4.78, 5) is 77.5. The number of hydrogen-bond acceptors (Lipinski definition) is 8. The van der Waals surface area contributed by atoms with Crippen LogP contribution in [0.5, 0.6) is 0 Å². The molecule has 0 rings (SSSR count). The Morgan fingerprint density at radius 1 is 0.370 bits per heavy atom. The molecule has 0 bridgehead atoms. The number of unbranched alkanes of at least 4 members (excludes halogenated alkanes) is 16. The predicted molar refractivity (Wildman–Crippen MR) is 189 cm³/mol. The van der Waals surface area contributed by atoms with E-state index in [0.29, 0.717) is 25.7 Å². The molecule has 0 aromatic heterocycles. The van der Waals surface area contributed by atoms with Gasteiger partial charge in [0.1, 0.15) is 0 Å². The van der Waals surface area contributed by atoms with E-state index in [1.165, 1.54) is 0 Å². The molecule has 0 aliphatic rings. The summed E-state index contributed by atoms with van der Waals surface area (Å²) >= 11 is -8.12. The third-order valence-corrected chi connectivity index (χ3v) is 20.7. The summed E-state index contributed by atoms with van der Waals surface area (Å²) in [7, 11) is 0. The van der Waals surface area contributed by atoms with Crippen molar-refractivity contribution >= 4 is 67.5 Å². The Labute approximate surface area is 294 Å². The third-order valence-electron chi connectivity index (χ3n) is 8.10. The minimum atomic E-state index is -4.06. The van der Waals surface area contributed by atoms with Crippen LogP contribution < -0.4 is 0 Å².